The van der Waals surface area contributed by atoms with Gasteiger partial charge in [-0.3, -0.25) is 4.79 Å². The lowest BCUT2D eigenvalue weighted by Gasteiger charge is -2.05. The van der Waals surface area contributed by atoms with Crippen LogP contribution in [0.1, 0.15) is 10.4 Å². The largest absolute Gasteiger partial charge is 0.507 e. The molecule has 0 heterocycles. The van der Waals surface area contributed by atoms with E-state index >= 15 is 0 Å². The fourth-order valence-corrected chi connectivity index (χ4v) is 1.21. The summed E-state index contributed by atoms with van der Waals surface area (Å²) in [6.07, 6.45) is 2.61. The average molecular weight is 212 g/mol. The molecule has 0 saturated heterocycles. The van der Waals surface area contributed by atoms with Gasteiger partial charge in [0.25, 0.3) is 0 Å². The van der Waals surface area contributed by atoms with Crippen LogP contribution in [-0.4, -0.2) is 30.0 Å². The van der Waals surface area contributed by atoms with E-state index in [-0.39, 0.29) is 11.3 Å². The van der Waals surface area contributed by atoms with Gasteiger partial charge in [-0.25, -0.2) is 0 Å². The molecular formula is C10H12O3S. The molecule has 0 aromatic heterocycles. The molecule has 0 atom stereocenters. The monoisotopic (exact) mass is 212 g/mol. The summed E-state index contributed by atoms with van der Waals surface area (Å²) in [6.45, 7) is 0.598. The minimum atomic E-state index is -0.0401. The van der Waals surface area contributed by atoms with Gasteiger partial charge in [-0.05, 0) is 18.4 Å². The Hall–Kier alpha value is -1.16. The number of carbonyl (C=O) groups is 1. The molecule has 14 heavy (non-hydrogen) atoms. The molecule has 1 rings (SSSR count). The van der Waals surface area contributed by atoms with Crippen molar-refractivity contribution in [2.45, 2.75) is 0 Å². The second-order valence-electron chi connectivity index (χ2n) is 2.68. The van der Waals surface area contributed by atoms with Crippen molar-refractivity contribution in [2.75, 3.05) is 18.6 Å². The van der Waals surface area contributed by atoms with Gasteiger partial charge in [0.15, 0.2) is 6.29 Å². The van der Waals surface area contributed by atoms with Crippen LogP contribution < -0.4 is 4.74 Å². The predicted octanol–water partition coefficient (Wildman–Crippen LogP) is 1.95. The zero-order chi connectivity index (χ0) is 10.4. The molecule has 3 nitrogen and oxygen atoms in total. The van der Waals surface area contributed by atoms with Crippen LogP contribution in [0.2, 0.25) is 0 Å². The standard InChI is InChI=1S/C10H12O3S/c1-14-5-4-13-9-3-2-8(7-11)10(12)6-9/h2-3,6-7,12H,4-5H2,1H3. The topological polar surface area (TPSA) is 46.5 Å². The fraction of sp³-hybridized carbons (Fsp3) is 0.300. The molecule has 1 aromatic carbocycles. The van der Waals surface area contributed by atoms with Crippen molar-refractivity contribution in [3.63, 3.8) is 0 Å². The summed E-state index contributed by atoms with van der Waals surface area (Å²) < 4.78 is 5.33. The Bertz CT molecular complexity index is 312. The van der Waals surface area contributed by atoms with Gasteiger partial charge in [-0.2, -0.15) is 11.8 Å². The highest BCUT2D eigenvalue weighted by Gasteiger charge is 2.01. The van der Waals surface area contributed by atoms with E-state index in [1.165, 1.54) is 12.1 Å². The fourth-order valence-electron chi connectivity index (χ4n) is 0.956. The third kappa shape index (κ3) is 2.96. The summed E-state index contributed by atoms with van der Waals surface area (Å²) in [5.74, 6) is 1.44. The first-order chi connectivity index (χ1) is 6.77. The molecule has 0 aliphatic rings. The van der Waals surface area contributed by atoms with E-state index < -0.39 is 0 Å². The number of hydrogen-bond donors (Lipinski definition) is 1. The second kappa shape index (κ2) is 5.54. The molecule has 0 spiro atoms. The van der Waals surface area contributed by atoms with Crippen molar-refractivity contribution < 1.29 is 14.6 Å². The van der Waals surface area contributed by atoms with Crippen LogP contribution in [0.15, 0.2) is 18.2 Å². The van der Waals surface area contributed by atoms with Crippen molar-refractivity contribution >= 4 is 18.0 Å². The molecule has 0 fully saturated rings. The van der Waals surface area contributed by atoms with Crippen LogP contribution >= 0.6 is 11.8 Å². The maximum Gasteiger partial charge on any atom is 0.153 e. The van der Waals surface area contributed by atoms with Gasteiger partial charge in [0.05, 0.1) is 12.2 Å². The second-order valence-corrected chi connectivity index (χ2v) is 3.67. The van der Waals surface area contributed by atoms with Crippen molar-refractivity contribution in [2.24, 2.45) is 0 Å². The normalized spacial score (nSPS) is 9.79. The van der Waals surface area contributed by atoms with E-state index in [0.717, 1.165) is 5.75 Å². The quantitative estimate of drug-likeness (QED) is 0.598. The number of thioether (sulfide) groups is 1. The Labute approximate surface area is 87.1 Å². The minimum Gasteiger partial charge on any atom is -0.507 e. The minimum absolute atomic E-state index is 0.0401. The Balaban J connectivity index is 2.62. The van der Waals surface area contributed by atoms with Crippen LogP contribution in [0, 0.1) is 0 Å². The molecule has 4 heteroatoms. The molecule has 0 radical (unpaired) electrons. The Morgan fingerprint density at radius 1 is 1.57 bits per heavy atom. The van der Waals surface area contributed by atoms with E-state index in [4.69, 9.17) is 4.74 Å². The van der Waals surface area contributed by atoms with E-state index in [2.05, 4.69) is 0 Å². The van der Waals surface area contributed by atoms with Gasteiger partial charge in [0.1, 0.15) is 11.5 Å². The van der Waals surface area contributed by atoms with Gasteiger partial charge in [-0.1, -0.05) is 0 Å². The van der Waals surface area contributed by atoms with E-state index in [9.17, 15) is 9.90 Å². The molecule has 0 bridgehead atoms. The Kier molecular flexibility index (Phi) is 4.32. The number of aldehydes is 1. The maximum absolute atomic E-state index is 10.4. The molecule has 0 aliphatic heterocycles. The number of phenols is 1. The molecule has 1 aromatic rings. The number of ether oxygens (including phenoxy) is 1. The predicted molar refractivity (Wildman–Crippen MR) is 57.4 cm³/mol. The van der Waals surface area contributed by atoms with Gasteiger partial charge in [-0.15, -0.1) is 0 Å². The molecule has 76 valence electrons. The first-order valence-corrected chi connectivity index (χ1v) is 5.57. The third-order valence-corrected chi connectivity index (χ3v) is 2.26. The Morgan fingerprint density at radius 3 is 2.93 bits per heavy atom. The van der Waals surface area contributed by atoms with Crippen LogP contribution in [0.5, 0.6) is 11.5 Å². The van der Waals surface area contributed by atoms with Crippen molar-refractivity contribution in [1.82, 2.24) is 0 Å². The van der Waals surface area contributed by atoms with Gasteiger partial charge < -0.3 is 9.84 Å². The molecular weight excluding hydrogens is 200 g/mol. The van der Waals surface area contributed by atoms with Crippen LogP contribution in [-0.2, 0) is 0 Å². The van der Waals surface area contributed by atoms with E-state index in [1.807, 2.05) is 6.26 Å². The highest BCUT2D eigenvalue weighted by molar-refractivity contribution is 7.98. The van der Waals surface area contributed by atoms with E-state index in [1.54, 1.807) is 17.8 Å². The maximum atomic E-state index is 10.4. The molecule has 1 N–H and O–H groups in total. The highest BCUT2D eigenvalue weighted by atomic mass is 32.2. The molecule has 0 aliphatic carbocycles. The highest BCUT2D eigenvalue weighted by Crippen LogP contribution is 2.22. The Morgan fingerprint density at radius 2 is 2.36 bits per heavy atom. The van der Waals surface area contributed by atoms with E-state index in [0.29, 0.717) is 18.6 Å². The number of carbonyl (C=O) groups excluding carboxylic acids is 1. The number of aromatic hydroxyl groups is 1. The first-order valence-electron chi connectivity index (χ1n) is 4.18. The summed E-state index contributed by atoms with van der Waals surface area (Å²) in [4.78, 5) is 10.4. The zero-order valence-corrected chi connectivity index (χ0v) is 8.71. The molecule has 0 unspecified atom stereocenters. The lowest BCUT2D eigenvalue weighted by atomic mass is 10.2. The van der Waals surface area contributed by atoms with Crippen molar-refractivity contribution in [3.05, 3.63) is 23.8 Å². The van der Waals surface area contributed by atoms with Gasteiger partial charge in [0, 0.05) is 11.8 Å². The first kappa shape index (κ1) is 10.9. The third-order valence-electron chi connectivity index (χ3n) is 1.69. The molecule has 0 saturated carbocycles. The van der Waals surface area contributed by atoms with Crippen LogP contribution in [0.25, 0.3) is 0 Å². The van der Waals surface area contributed by atoms with Crippen LogP contribution in [0.3, 0.4) is 0 Å². The van der Waals surface area contributed by atoms with Gasteiger partial charge >= 0.3 is 0 Å². The lowest BCUT2D eigenvalue weighted by Crippen LogP contribution is -1.99. The summed E-state index contributed by atoms with van der Waals surface area (Å²) in [7, 11) is 0. The van der Waals surface area contributed by atoms with Crippen LogP contribution in [0.4, 0.5) is 0 Å². The zero-order valence-electron chi connectivity index (χ0n) is 7.90. The summed E-state index contributed by atoms with van der Waals surface area (Å²) in [5.41, 5.74) is 0.280. The smallest absolute Gasteiger partial charge is 0.153 e. The summed E-state index contributed by atoms with van der Waals surface area (Å²) in [6, 6.07) is 4.66. The van der Waals surface area contributed by atoms with Gasteiger partial charge in [0.2, 0.25) is 0 Å². The number of phenolic OH excluding ortho intramolecular Hbond substituents is 1. The summed E-state index contributed by atoms with van der Waals surface area (Å²) in [5, 5.41) is 9.33. The van der Waals surface area contributed by atoms with Crippen molar-refractivity contribution in [1.29, 1.82) is 0 Å². The average Bonchev–Trinajstić information content (AvgIpc) is 2.18. The SMILES string of the molecule is CSCCOc1ccc(C=O)c(O)c1. The van der Waals surface area contributed by atoms with Crippen molar-refractivity contribution in [3.8, 4) is 11.5 Å². The molecule has 0 amide bonds. The lowest BCUT2D eigenvalue weighted by molar-refractivity contribution is 0.112. The summed E-state index contributed by atoms with van der Waals surface area (Å²) >= 11 is 1.69. The number of benzene rings is 1. The number of rotatable bonds is 5. The number of hydrogen-bond acceptors (Lipinski definition) is 4.